The van der Waals surface area contributed by atoms with Crippen LogP contribution in [0.25, 0.3) is 0 Å². The fourth-order valence-corrected chi connectivity index (χ4v) is 2.25. The lowest BCUT2D eigenvalue weighted by molar-refractivity contribution is 0.403. The number of ether oxygens (including phenoxy) is 1. The summed E-state index contributed by atoms with van der Waals surface area (Å²) in [6.45, 7) is 3.86. The first kappa shape index (κ1) is 11.4. The monoisotopic (exact) mass is 223 g/mol. The Balaban J connectivity index is 2.20. The van der Waals surface area contributed by atoms with Crippen molar-refractivity contribution in [2.24, 2.45) is 5.92 Å². The molecule has 1 aliphatic heterocycles. The number of hydrogen-bond acceptors (Lipinski definition) is 2. The Hall–Kier alpha value is -1.09. The molecular weight excluding hydrogens is 205 g/mol. The van der Waals surface area contributed by atoms with E-state index in [9.17, 15) is 4.39 Å². The largest absolute Gasteiger partial charge is 0.496 e. The van der Waals surface area contributed by atoms with Crippen molar-refractivity contribution >= 4 is 0 Å². The highest BCUT2D eigenvalue weighted by Gasteiger charge is 2.17. The van der Waals surface area contributed by atoms with Crippen LogP contribution in [0.1, 0.15) is 17.5 Å². The summed E-state index contributed by atoms with van der Waals surface area (Å²) in [5, 5.41) is 3.32. The second kappa shape index (κ2) is 4.83. The fraction of sp³-hybridized carbons (Fsp3) is 0.538. The minimum absolute atomic E-state index is 0.137. The van der Waals surface area contributed by atoms with Gasteiger partial charge in [0, 0.05) is 0 Å². The summed E-state index contributed by atoms with van der Waals surface area (Å²) < 4.78 is 18.8. The summed E-state index contributed by atoms with van der Waals surface area (Å²) >= 11 is 0. The first-order chi connectivity index (χ1) is 7.70. The predicted molar refractivity (Wildman–Crippen MR) is 62.4 cm³/mol. The molecule has 1 heterocycles. The molecule has 1 aromatic carbocycles. The van der Waals surface area contributed by atoms with Crippen LogP contribution in [0.2, 0.25) is 0 Å². The molecule has 0 saturated carbocycles. The predicted octanol–water partition coefficient (Wildman–Crippen LogP) is 2.29. The Labute approximate surface area is 95.8 Å². The number of methoxy groups -OCH3 is 1. The second-order valence-corrected chi connectivity index (χ2v) is 4.48. The van der Waals surface area contributed by atoms with Gasteiger partial charge in [0.05, 0.1) is 7.11 Å². The van der Waals surface area contributed by atoms with Crippen LogP contribution in [0.3, 0.4) is 0 Å². The highest BCUT2D eigenvalue weighted by atomic mass is 19.1. The Morgan fingerprint density at radius 2 is 2.31 bits per heavy atom. The van der Waals surface area contributed by atoms with Gasteiger partial charge in [0.15, 0.2) is 0 Å². The van der Waals surface area contributed by atoms with E-state index in [2.05, 4.69) is 5.32 Å². The normalized spacial score (nSPS) is 20.1. The third-order valence-corrected chi connectivity index (χ3v) is 3.23. The summed E-state index contributed by atoms with van der Waals surface area (Å²) in [5.41, 5.74) is 1.63. The van der Waals surface area contributed by atoms with Gasteiger partial charge in [-0.05, 0) is 62.0 Å². The lowest BCUT2D eigenvalue weighted by atomic mass is 9.97. The summed E-state index contributed by atoms with van der Waals surface area (Å²) in [6, 6.07) is 3.40. The van der Waals surface area contributed by atoms with Gasteiger partial charge in [-0.2, -0.15) is 0 Å². The molecular formula is C13H18FNO. The van der Waals surface area contributed by atoms with Gasteiger partial charge in [0.25, 0.3) is 0 Å². The van der Waals surface area contributed by atoms with Crippen molar-refractivity contribution in [3.05, 3.63) is 29.1 Å². The topological polar surface area (TPSA) is 21.3 Å². The van der Waals surface area contributed by atoms with Crippen LogP contribution in [0, 0.1) is 18.7 Å². The average molecular weight is 223 g/mol. The number of halogens is 1. The first-order valence-corrected chi connectivity index (χ1v) is 5.74. The van der Waals surface area contributed by atoms with Gasteiger partial charge in [-0.25, -0.2) is 4.39 Å². The van der Waals surface area contributed by atoms with E-state index in [-0.39, 0.29) is 5.82 Å². The van der Waals surface area contributed by atoms with Crippen molar-refractivity contribution in [2.45, 2.75) is 19.8 Å². The molecule has 0 aromatic heterocycles. The van der Waals surface area contributed by atoms with E-state index in [4.69, 9.17) is 4.74 Å². The van der Waals surface area contributed by atoms with E-state index in [1.54, 1.807) is 26.2 Å². The van der Waals surface area contributed by atoms with Gasteiger partial charge < -0.3 is 10.1 Å². The smallest absolute Gasteiger partial charge is 0.126 e. The van der Waals surface area contributed by atoms with Crippen LogP contribution in [0.15, 0.2) is 12.1 Å². The summed E-state index contributed by atoms with van der Waals surface area (Å²) in [7, 11) is 1.64. The molecule has 0 amide bonds. The van der Waals surface area contributed by atoms with Crippen molar-refractivity contribution in [1.82, 2.24) is 5.32 Å². The van der Waals surface area contributed by atoms with Crippen LogP contribution in [0.4, 0.5) is 4.39 Å². The molecule has 2 nitrogen and oxygen atoms in total. The Morgan fingerprint density at radius 3 is 2.94 bits per heavy atom. The van der Waals surface area contributed by atoms with Crippen LogP contribution < -0.4 is 10.1 Å². The van der Waals surface area contributed by atoms with E-state index in [0.29, 0.717) is 11.5 Å². The molecule has 0 spiro atoms. The molecule has 0 aliphatic carbocycles. The lowest BCUT2D eigenvalue weighted by Crippen LogP contribution is -2.11. The van der Waals surface area contributed by atoms with E-state index >= 15 is 0 Å². The zero-order valence-electron chi connectivity index (χ0n) is 9.85. The SMILES string of the molecule is COc1cc(C)c(F)cc1CC1CCNC1. The Kier molecular flexibility index (Phi) is 3.44. The second-order valence-electron chi connectivity index (χ2n) is 4.48. The van der Waals surface area contributed by atoms with Crippen molar-refractivity contribution in [2.75, 3.05) is 20.2 Å². The number of benzene rings is 1. The van der Waals surface area contributed by atoms with Gasteiger partial charge in [-0.15, -0.1) is 0 Å². The molecule has 1 atom stereocenters. The fourth-order valence-electron chi connectivity index (χ4n) is 2.25. The van der Waals surface area contributed by atoms with Crippen molar-refractivity contribution < 1.29 is 9.13 Å². The minimum Gasteiger partial charge on any atom is -0.496 e. The molecule has 1 unspecified atom stereocenters. The molecule has 1 N–H and O–H groups in total. The van der Waals surface area contributed by atoms with Gasteiger partial charge in [-0.1, -0.05) is 0 Å². The summed E-state index contributed by atoms with van der Waals surface area (Å²) in [6.07, 6.45) is 2.06. The van der Waals surface area contributed by atoms with Gasteiger partial charge in [0.2, 0.25) is 0 Å². The zero-order chi connectivity index (χ0) is 11.5. The van der Waals surface area contributed by atoms with Crippen LogP contribution in [0.5, 0.6) is 5.75 Å². The maximum absolute atomic E-state index is 13.5. The molecule has 1 aliphatic rings. The molecule has 1 saturated heterocycles. The standard InChI is InChI=1S/C13H18FNO/c1-9-5-13(16-2)11(7-12(9)14)6-10-3-4-15-8-10/h5,7,10,15H,3-4,6,8H2,1-2H3. The third-order valence-electron chi connectivity index (χ3n) is 3.23. The van der Waals surface area contributed by atoms with Crippen molar-refractivity contribution in [1.29, 1.82) is 0 Å². The van der Waals surface area contributed by atoms with Gasteiger partial charge in [-0.3, -0.25) is 0 Å². The number of rotatable bonds is 3. The minimum atomic E-state index is -0.137. The van der Waals surface area contributed by atoms with Crippen LogP contribution in [-0.2, 0) is 6.42 Å². The van der Waals surface area contributed by atoms with Gasteiger partial charge >= 0.3 is 0 Å². The molecule has 88 valence electrons. The number of aryl methyl sites for hydroxylation is 1. The van der Waals surface area contributed by atoms with Crippen LogP contribution >= 0.6 is 0 Å². The molecule has 2 rings (SSSR count). The van der Waals surface area contributed by atoms with Gasteiger partial charge in [0.1, 0.15) is 11.6 Å². The van der Waals surface area contributed by atoms with Crippen molar-refractivity contribution in [3.8, 4) is 5.75 Å². The van der Waals surface area contributed by atoms with Crippen LogP contribution in [-0.4, -0.2) is 20.2 Å². The molecule has 0 bridgehead atoms. The lowest BCUT2D eigenvalue weighted by Gasteiger charge is -2.13. The molecule has 1 fully saturated rings. The highest BCUT2D eigenvalue weighted by molar-refractivity contribution is 5.38. The zero-order valence-corrected chi connectivity index (χ0v) is 9.85. The average Bonchev–Trinajstić information content (AvgIpc) is 2.76. The summed E-state index contributed by atoms with van der Waals surface area (Å²) in [5.74, 6) is 1.28. The molecule has 3 heteroatoms. The first-order valence-electron chi connectivity index (χ1n) is 5.74. The number of hydrogen-bond donors (Lipinski definition) is 1. The van der Waals surface area contributed by atoms with E-state index in [1.165, 1.54) is 6.42 Å². The van der Waals surface area contributed by atoms with E-state index in [1.807, 2.05) is 0 Å². The Bertz CT molecular complexity index is 372. The highest BCUT2D eigenvalue weighted by Crippen LogP contribution is 2.26. The van der Waals surface area contributed by atoms with E-state index in [0.717, 1.165) is 30.8 Å². The molecule has 0 radical (unpaired) electrons. The quantitative estimate of drug-likeness (QED) is 0.849. The third kappa shape index (κ3) is 2.35. The maximum atomic E-state index is 13.5. The molecule has 1 aromatic rings. The summed E-state index contributed by atoms with van der Waals surface area (Å²) in [4.78, 5) is 0. The van der Waals surface area contributed by atoms with Crippen molar-refractivity contribution in [3.63, 3.8) is 0 Å². The van der Waals surface area contributed by atoms with E-state index < -0.39 is 0 Å². The maximum Gasteiger partial charge on any atom is 0.126 e. The molecule has 16 heavy (non-hydrogen) atoms. The number of nitrogens with one attached hydrogen (secondary N) is 1. The Morgan fingerprint density at radius 1 is 1.50 bits per heavy atom.